The molecule has 0 saturated heterocycles. The third-order valence-corrected chi connectivity index (χ3v) is 3.25. The van der Waals surface area contributed by atoms with Crippen LogP contribution in [0.25, 0.3) is 0 Å². The molecule has 0 rings (SSSR count). The Labute approximate surface area is 96.7 Å². The van der Waals surface area contributed by atoms with Crippen LogP contribution in [0, 0.1) is 5.41 Å². The Morgan fingerprint density at radius 1 is 1.00 bits per heavy atom. The van der Waals surface area contributed by atoms with Crippen LogP contribution in [0.1, 0.15) is 47.0 Å². The summed E-state index contributed by atoms with van der Waals surface area (Å²) in [6, 6.07) is 0. The van der Waals surface area contributed by atoms with E-state index in [1.54, 1.807) is 27.7 Å². The van der Waals surface area contributed by atoms with E-state index in [1.807, 2.05) is 0 Å². The highest BCUT2D eigenvalue weighted by Gasteiger charge is 2.40. The summed E-state index contributed by atoms with van der Waals surface area (Å²) in [5.41, 5.74) is -1.98. The maximum absolute atomic E-state index is 11.8. The van der Waals surface area contributed by atoms with E-state index in [-0.39, 0.29) is 37.4 Å². The minimum absolute atomic E-state index is 0.0935. The van der Waals surface area contributed by atoms with Gasteiger partial charge in [0, 0.05) is 25.9 Å². The summed E-state index contributed by atoms with van der Waals surface area (Å²) in [5.74, 6) is -0.256. The number of rotatable bonds is 7. The van der Waals surface area contributed by atoms with Crippen molar-refractivity contribution in [1.29, 1.82) is 0 Å². The Balaban J connectivity index is 4.32. The van der Waals surface area contributed by atoms with Crippen molar-refractivity contribution in [2.45, 2.75) is 52.6 Å². The summed E-state index contributed by atoms with van der Waals surface area (Å²) in [4.78, 5) is 23.0. The number of carbonyl (C=O) groups excluding carboxylic acids is 2. The molecular formula is C12H22O4. The second kappa shape index (κ2) is 5.55. The first kappa shape index (κ1) is 15.3. The van der Waals surface area contributed by atoms with Crippen LogP contribution < -0.4 is 0 Å². The van der Waals surface area contributed by atoms with Gasteiger partial charge in [0.25, 0.3) is 0 Å². The highest BCUT2D eigenvalue weighted by Crippen LogP contribution is 2.32. The van der Waals surface area contributed by atoms with Crippen molar-refractivity contribution in [2.24, 2.45) is 5.41 Å². The van der Waals surface area contributed by atoms with Crippen molar-refractivity contribution in [3.05, 3.63) is 0 Å². The molecule has 0 aliphatic rings. The van der Waals surface area contributed by atoms with E-state index in [0.717, 1.165) is 0 Å². The first-order valence-corrected chi connectivity index (χ1v) is 5.51. The number of ketones is 2. The van der Waals surface area contributed by atoms with Gasteiger partial charge in [-0.2, -0.15) is 0 Å². The number of carbonyl (C=O) groups is 2. The third-order valence-electron chi connectivity index (χ3n) is 3.25. The lowest BCUT2D eigenvalue weighted by Crippen LogP contribution is -2.45. The van der Waals surface area contributed by atoms with Crippen LogP contribution in [-0.2, 0) is 9.59 Å². The number of aliphatic hydroxyl groups is 2. The fourth-order valence-corrected chi connectivity index (χ4v) is 1.16. The third kappa shape index (κ3) is 4.02. The molecule has 0 aromatic heterocycles. The van der Waals surface area contributed by atoms with Crippen LogP contribution in [0.15, 0.2) is 0 Å². The Morgan fingerprint density at radius 3 is 1.88 bits per heavy atom. The average Bonchev–Trinajstić information content (AvgIpc) is 2.12. The van der Waals surface area contributed by atoms with Crippen molar-refractivity contribution < 1.29 is 19.8 Å². The number of hydrogen-bond donors (Lipinski definition) is 2. The molecule has 0 spiro atoms. The van der Waals surface area contributed by atoms with Gasteiger partial charge in [0.2, 0.25) is 0 Å². The first-order chi connectivity index (χ1) is 7.13. The van der Waals surface area contributed by atoms with Crippen LogP contribution in [0.2, 0.25) is 0 Å². The predicted octanol–water partition coefficient (Wildman–Crippen LogP) is 1.08. The molecule has 0 heterocycles. The van der Waals surface area contributed by atoms with Gasteiger partial charge in [0.15, 0.2) is 0 Å². The Morgan fingerprint density at radius 2 is 1.50 bits per heavy atom. The van der Waals surface area contributed by atoms with Gasteiger partial charge < -0.3 is 10.2 Å². The van der Waals surface area contributed by atoms with Crippen LogP contribution in [0.5, 0.6) is 0 Å². The van der Waals surface area contributed by atoms with E-state index in [4.69, 9.17) is 5.11 Å². The van der Waals surface area contributed by atoms with Gasteiger partial charge in [-0.05, 0) is 13.8 Å². The minimum Gasteiger partial charge on any atom is -0.396 e. The monoisotopic (exact) mass is 230 g/mol. The molecule has 94 valence electrons. The molecule has 16 heavy (non-hydrogen) atoms. The van der Waals surface area contributed by atoms with E-state index < -0.39 is 11.0 Å². The fraction of sp³-hybridized carbons (Fsp3) is 0.833. The summed E-state index contributed by atoms with van der Waals surface area (Å²) in [6.07, 6.45) is 0.352. The molecule has 0 unspecified atom stereocenters. The highest BCUT2D eigenvalue weighted by molar-refractivity contribution is 5.89. The lowest BCUT2D eigenvalue weighted by Gasteiger charge is -2.35. The topological polar surface area (TPSA) is 74.6 Å². The van der Waals surface area contributed by atoms with Crippen molar-refractivity contribution in [3.8, 4) is 0 Å². The zero-order chi connectivity index (χ0) is 13.0. The van der Waals surface area contributed by atoms with E-state index in [1.165, 1.54) is 0 Å². The summed E-state index contributed by atoms with van der Waals surface area (Å²) in [5, 5.41) is 18.4. The Hall–Kier alpha value is -0.740. The summed E-state index contributed by atoms with van der Waals surface area (Å²) >= 11 is 0. The second-order valence-electron chi connectivity index (χ2n) is 5.12. The summed E-state index contributed by atoms with van der Waals surface area (Å²) in [7, 11) is 0. The molecule has 0 bridgehead atoms. The van der Waals surface area contributed by atoms with Gasteiger partial charge in [0.05, 0.1) is 11.0 Å². The van der Waals surface area contributed by atoms with Crippen LogP contribution >= 0.6 is 0 Å². The van der Waals surface area contributed by atoms with Gasteiger partial charge in [-0.15, -0.1) is 0 Å². The highest BCUT2D eigenvalue weighted by atomic mass is 16.3. The van der Waals surface area contributed by atoms with Gasteiger partial charge in [-0.3, -0.25) is 9.59 Å². The lowest BCUT2D eigenvalue weighted by molar-refractivity contribution is -0.141. The lowest BCUT2D eigenvalue weighted by atomic mass is 9.72. The van der Waals surface area contributed by atoms with Crippen molar-refractivity contribution >= 4 is 11.6 Å². The average molecular weight is 230 g/mol. The SMILES string of the molecule is CC(C)(O)C(C)(C)C(=O)CCC(=O)CCO. The van der Waals surface area contributed by atoms with Crippen LogP contribution in [0.3, 0.4) is 0 Å². The van der Waals surface area contributed by atoms with Crippen molar-refractivity contribution in [3.63, 3.8) is 0 Å². The van der Waals surface area contributed by atoms with Gasteiger partial charge >= 0.3 is 0 Å². The number of Topliss-reactive ketones (excluding diaryl/α,β-unsaturated/α-hetero) is 2. The Kier molecular flexibility index (Phi) is 5.29. The normalized spacial score (nSPS) is 12.6. The summed E-state index contributed by atoms with van der Waals surface area (Å²) < 4.78 is 0. The van der Waals surface area contributed by atoms with Crippen molar-refractivity contribution in [2.75, 3.05) is 6.61 Å². The van der Waals surface area contributed by atoms with E-state index in [9.17, 15) is 14.7 Å². The van der Waals surface area contributed by atoms with Crippen molar-refractivity contribution in [1.82, 2.24) is 0 Å². The molecule has 0 atom stereocenters. The molecule has 2 N–H and O–H groups in total. The molecule has 0 aliphatic carbocycles. The smallest absolute Gasteiger partial charge is 0.141 e. The van der Waals surface area contributed by atoms with E-state index in [2.05, 4.69) is 0 Å². The quantitative estimate of drug-likeness (QED) is 0.686. The predicted molar refractivity (Wildman–Crippen MR) is 61.0 cm³/mol. The Bertz CT molecular complexity index is 261. The second-order valence-corrected chi connectivity index (χ2v) is 5.12. The molecule has 0 aliphatic heterocycles. The largest absolute Gasteiger partial charge is 0.396 e. The molecule has 0 aromatic rings. The van der Waals surface area contributed by atoms with E-state index >= 15 is 0 Å². The van der Waals surface area contributed by atoms with Gasteiger partial charge in [0.1, 0.15) is 11.6 Å². The summed E-state index contributed by atoms with van der Waals surface area (Å²) in [6.45, 7) is 6.33. The maximum atomic E-state index is 11.8. The van der Waals surface area contributed by atoms with Gasteiger partial charge in [-0.25, -0.2) is 0 Å². The zero-order valence-electron chi connectivity index (χ0n) is 10.5. The minimum atomic E-state index is -1.11. The zero-order valence-corrected chi connectivity index (χ0v) is 10.5. The van der Waals surface area contributed by atoms with E-state index in [0.29, 0.717) is 0 Å². The number of aliphatic hydroxyl groups excluding tert-OH is 1. The molecule has 4 heteroatoms. The molecule has 0 aromatic carbocycles. The molecule has 0 fully saturated rings. The molecule has 0 saturated carbocycles. The molecule has 0 radical (unpaired) electrons. The fourth-order valence-electron chi connectivity index (χ4n) is 1.16. The molecule has 0 amide bonds. The number of hydrogen-bond acceptors (Lipinski definition) is 4. The molecule has 4 nitrogen and oxygen atoms in total. The van der Waals surface area contributed by atoms with Gasteiger partial charge in [-0.1, -0.05) is 13.8 Å². The van der Waals surface area contributed by atoms with Crippen LogP contribution in [-0.4, -0.2) is 34.0 Å². The standard InChI is InChI=1S/C12H22O4/c1-11(2,12(3,4)16)10(15)6-5-9(14)7-8-13/h13,16H,5-8H2,1-4H3. The molecular weight excluding hydrogens is 208 g/mol. The maximum Gasteiger partial charge on any atom is 0.141 e. The van der Waals surface area contributed by atoms with Crippen LogP contribution in [0.4, 0.5) is 0 Å². The first-order valence-electron chi connectivity index (χ1n) is 5.51.